The SMILES string of the molecule is CCn1cc(C(=O)N2CC3(COc4ccccc4C3)C2)cn1. The monoisotopic (exact) mass is 297 g/mol. The zero-order valence-electron chi connectivity index (χ0n) is 12.7. The van der Waals surface area contributed by atoms with Crippen LogP contribution >= 0.6 is 0 Å². The fraction of sp³-hybridized carbons (Fsp3) is 0.412. The van der Waals surface area contributed by atoms with Crippen LogP contribution in [0.25, 0.3) is 0 Å². The maximum Gasteiger partial charge on any atom is 0.257 e. The second kappa shape index (κ2) is 4.87. The molecule has 114 valence electrons. The Balaban J connectivity index is 1.45. The second-order valence-electron chi connectivity index (χ2n) is 6.32. The van der Waals surface area contributed by atoms with Crippen molar-refractivity contribution in [3.05, 3.63) is 47.8 Å². The lowest BCUT2D eigenvalue weighted by Crippen LogP contribution is -2.62. The number of hydrogen-bond donors (Lipinski definition) is 0. The van der Waals surface area contributed by atoms with Crippen molar-refractivity contribution in [2.24, 2.45) is 5.41 Å². The molecule has 1 aromatic heterocycles. The Labute approximate surface area is 129 Å². The van der Waals surface area contributed by atoms with E-state index in [0.29, 0.717) is 12.2 Å². The van der Waals surface area contributed by atoms with Crippen LogP contribution < -0.4 is 4.74 Å². The van der Waals surface area contributed by atoms with Crippen LogP contribution in [0.4, 0.5) is 0 Å². The number of benzene rings is 1. The third-order valence-corrected chi connectivity index (χ3v) is 4.62. The predicted molar refractivity (Wildman–Crippen MR) is 81.9 cm³/mol. The van der Waals surface area contributed by atoms with E-state index in [9.17, 15) is 4.79 Å². The summed E-state index contributed by atoms with van der Waals surface area (Å²) in [5.74, 6) is 1.06. The van der Waals surface area contributed by atoms with Crippen LogP contribution in [0, 0.1) is 5.41 Å². The summed E-state index contributed by atoms with van der Waals surface area (Å²) >= 11 is 0. The highest BCUT2D eigenvalue weighted by Gasteiger charge is 2.48. The summed E-state index contributed by atoms with van der Waals surface area (Å²) in [7, 11) is 0. The van der Waals surface area contributed by atoms with Crippen molar-refractivity contribution < 1.29 is 9.53 Å². The number of carbonyl (C=O) groups is 1. The number of amides is 1. The maximum absolute atomic E-state index is 12.5. The van der Waals surface area contributed by atoms with Gasteiger partial charge in [-0.25, -0.2) is 0 Å². The molecule has 0 unspecified atom stereocenters. The standard InChI is InChI=1S/C17H19N3O2/c1-2-20-9-14(8-18-20)16(21)19-10-17(11-19)7-13-5-3-4-6-15(13)22-12-17/h3-6,8-9H,2,7,10-12H2,1H3. The summed E-state index contributed by atoms with van der Waals surface area (Å²) < 4.78 is 7.66. The predicted octanol–water partition coefficient (Wildman–Crippen LogP) is 1.98. The molecule has 0 aliphatic carbocycles. The van der Waals surface area contributed by atoms with Crippen LogP contribution in [-0.4, -0.2) is 40.3 Å². The Hall–Kier alpha value is -2.30. The van der Waals surface area contributed by atoms with Crippen LogP contribution in [0.1, 0.15) is 22.8 Å². The molecule has 1 aromatic carbocycles. The fourth-order valence-electron chi connectivity index (χ4n) is 3.42. The van der Waals surface area contributed by atoms with Gasteiger partial charge in [0.1, 0.15) is 5.75 Å². The minimum atomic E-state index is 0.0733. The van der Waals surface area contributed by atoms with E-state index in [1.807, 2.05) is 36.2 Å². The number of fused-ring (bicyclic) bond motifs is 1. The average Bonchev–Trinajstić information content (AvgIpc) is 3.00. The van der Waals surface area contributed by atoms with E-state index in [1.165, 1.54) is 5.56 Å². The fourth-order valence-corrected chi connectivity index (χ4v) is 3.42. The van der Waals surface area contributed by atoms with Crippen LogP contribution in [-0.2, 0) is 13.0 Å². The molecule has 1 saturated heterocycles. The van der Waals surface area contributed by atoms with E-state index < -0.39 is 0 Å². The Kier molecular flexibility index (Phi) is 2.96. The summed E-state index contributed by atoms with van der Waals surface area (Å²) in [5, 5.41) is 4.17. The molecule has 4 rings (SSSR count). The van der Waals surface area contributed by atoms with Crippen molar-refractivity contribution in [1.29, 1.82) is 0 Å². The minimum absolute atomic E-state index is 0.0733. The molecule has 0 bridgehead atoms. The molecular weight excluding hydrogens is 278 g/mol. The smallest absolute Gasteiger partial charge is 0.257 e. The number of rotatable bonds is 2. The Morgan fingerprint density at radius 1 is 1.36 bits per heavy atom. The largest absolute Gasteiger partial charge is 0.493 e. The van der Waals surface area contributed by atoms with Gasteiger partial charge in [-0.15, -0.1) is 0 Å². The van der Waals surface area contributed by atoms with Gasteiger partial charge in [0, 0.05) is 31.2 Å². The van der Waals surface area contributed by atoms with Gasteiger partial charge in [-0.2, -0.15) is 5.10 Å². The number of aryl methyl sites for hydroxylation is 1. The first-order chi connectivity index (χ1) is 10.7. The summed E-state index contributed by atoms with van der Waals surface area (Å²) in [6.07, 6.45) is 4.46. The van der Waals surface area contributed by atoms with Crippen LogP contribution in [0.5, 0.6) is 5.75 Å². The van der Waals surface area contributed by atoms with Crippen molar-refractivity contribution >= 4 is 5.91 Å². The molecule has 5 heteroatoms. The molecule has 0 radical (unpaired) electrons. The molecule has 5 nitrogen and oxygen atoms in total. The molecular formula is C17H19N3O2. The minimum Gasteiger partial charge on any atom is -0.493 e. The first kappa shape index (κ1) is 13.4. The number of nitrogens with zero attached hydrogens (tertiary/aromatic N) is 3. The first-order valence-corrected chi connectivity index (χ1v) is 7.72. The summed E-state index contributed by atoms with van der Waals surface area (Å²) in [6, 6.07) is 8.18. The van der Waals surface area contributed by atoms with Gasteiger partial charge >= 0.3 is 0 Å². The number of likely N-dealkylation sites (tertiary alicyclic amines) is 1. The molecule has 2 aliphatic heterocycles. The van der Waals surface area contributed by atoms with E-state index in [1.54, 1.807) is 10.9 Å². The number of aromatic nitrogens is 2. The third-order valence-electron chi connectivity index (χ3n) is 4.62. The lowest BCUT2D eigenvalue weighted by atomic mass is 9.74. The number of ether oxygens (including phenoxy) is 1. The molecule has 22 heavy (non-hydrogen) atoms. The highest BCUT2D eigenvalue weighted by atomic mass is 16.5. The first-order valence-electron chi connectivity index (χ1n) is 7.72. The Morgan fingerprint density at radius 2 is 2.18 bits per heavy atom. The van der Waals surface area contributed by atoms with Crippen LogP contribution in [0.3, 0.4) is 0 Å². The number of carbonyl (C=O) groups excluding carboxylic acids is 1. The summed E-state index contributed by atoms with van der Waals surface area (Å²) in [5.41, 5.74) is 2.01. The topological polar surface area (TPSA) is 47.4 Å². The zero-order chi connectivity index (χ0) is 15.2. The van der Waals surface area contributed by atoms with Gasteiger partial charge in [-0.3, -0.25) is 9.48 Å². The van der Waals surface area contributed by atoms with Gasteiger partial charge in [0.15, 0.2) is 0 Å². The van der Waals surface area contributed by atoms with E-state index in [0.717, 1.165) is 31.8 Å². The van der Waals surface area contributed by atoms with Crippen molar-refractivity contribution in [3.63, 3.8) is 0 Å². The molecule has 3 heterocycles. The lowest BCUT2D eigenvalue weighted by Gasteiger charge is -2.51. The molecule has 0 saturated carbocycles. The second-order valence-corrected chi connectivity index (χ2v) is 6.32. The van der Waals surface area contributed by atoms with Crippen molar-refractivity contribution in [2.45, 2.75) is 19.9 Å². The van der Waals surface area contributed by atoms with Crippen molar-refractivity contribution in [3.8, 4) is 5.75 Å². The molecule has 0 atom stereocenters. The average molecular weight is 297 g/mol. The third kappa shape index (κ3) is 2.08. The van der Waals surface area contributed by atoms with E-state index in [-0.39, 0.29) is 11.3 Å². The Bertz CT molecular complexity index is 716. The Morgan fingerprint density at radius 3 is 2.95 bits per heavy atom. The van der Waals surface area contributed by atoms with Gasteiger partial charge in [-0.05, 0) is 25.0 Å². The molecule has 1 fully saturated rings. The summed E-state index contributed by atoms with van der Waals surface area (Å²) in [6.45, 7) is 5.01. The van der Waals surface area contributed by atoms with Crippen LogP contribution in [0.15, 0.2) is 36.7 Å². The van der Waals surface area contributed by atoms with E-state index in [4.69, 9.17) is 4.74 Å². The van der Waals surface area contributed by atoms with Gasteiger partial charge < -0.3 is 9.64 Å². The molecule has 1 spiro atoms. The molecule has 2 aliphatic rings. The van der Waals surface area contributed by atoms with Crippen LogP contribution in [0.2, 0.25) is 0 Å². The maximum atomic E-state index is 12.5. The molecule has 0 N–H and O–H groups in total. The van der Waals surface area contributed by atoms with Crippen molar-refractivity contribution in [1.82, 2.24) is 14.7 Å². The molecule has 2 aromatic rings. The van der Waals surface area contributed by atoms with Gasteiger partial charge in [0.25, 0.3) is 5.91 Å². The van der Waals surface area contributed by atoms with E-state index in [2.05, 4.69) is 11.2 Å². The van der Waals surface area contributed by atoms with Gasteiger partial charge in [0.2, 0.25) is 0 Å². The number of para-hydroxylation sites is 1. The van der Waals surface area contributed by atoms with E-state index >= 15 is 0 Å². The highest BCUT2D eigenvalue weighted by Crippen LogP contribution is 2.41. The van der Waals surface area contributed by atoms with Gasteiger partial charge in [0.05, 0.1) is 18.4 Å². The van der Waals surface area contributed by atoms with Gasteiger partial charge in [-0.1, -0.05) is 18.2 Å². The van der Waals surface area contributed by atoms with Crippen molar-refractivity contribution in [2.75, 3.05) is 19.7 Å². The molecule has 1 amide bonds. The number of hydrogen-bond acceptors (Lipinski definition) is 3. The zero-order valence-corrected chi connectivity index (χ0v) is 12.7. The normalized spacial score (nSPS) is 18.5. The quantitative estimate of drug-likeness (QED) is 0.851. The lowest BCUT2D eigenvalue weighted by molar-refractivity contribution is -0.0290. The summed E-state index contributed by atoms with van der Waals surface area (Å²) in [4.78, 5) is 14.4. The highest BCUT2D eigenvalue weighted by molar-refractivity contribution is 5.94.